The molecule has 0 saturated carbocycles. The van der Waals surface area contributed by atoms with Gasteiger partial charge in [-0.1, -0.05) is 15.9 Å². The molecule has 1 N–H and O–H groups in total. The smallest absolute Gasteiger partial charge is 0.354 e. The summed E-state index contributed by atoms with van der Waals surface area (Å²) in [5.41, 5.74) is 0.765. The lowest BCUT2D eigenvalue weighted by atomic mass is 10.1. The highest BCUT2D eigenvalue weighted by Gasteiger charge is 2.15. The van der Waals surface area contributed by atoms with E-state index in [1.807, 2.05) is 0 Å². The van der Waals surface area contributed by atoms with Crippen LogP contribution in [0, 0.1) is 5.82 Å². The molecule has 0 unspecified atom stereocenters. The van der Waals surface area contributed by atoms with Crippen molar-refractivity contribution in [2.45, 2.75) is 0 Å². The van der Waals surface area contributed by atoms with Crippen molar-refractivity contribution in [2.75, 3.05) is 0 Å². The van der Waals surface area contributed by atoms with Gasteiger partial charge in [-0.3, -0.25) is 0 Å². The Bertz CT molecular complexity index is 832. The number of fused-ring (bicyclic) bond motifs is 1. The third-order valence-electron chi connectivity index (χ3n) is 2.78. The van der Waals surface area contributed by atoms with E-state index in [0.717, 1.165) is 0 Å². The van der Waals surface area contributed by atoms with E-state index in [1.165, 1.54) is 22.8 Å². The van der Waals surface area contributed by atoms with Crippen LogP contribution >= 0.6 is 15.9 Å². The summed E-state index contributed by atoms with van der Waals surface area (Å²) < 4.78 is 16.1. The molecule has 0 radical (unpaired) electrons. The minimum absolute atomic E-state index is 0.160. The number of aromatic nitrogens is 3. The van der Waals surface area contributed by atoms with Crippen molar-refractivity contribution >= 4 is 27.5 Å². The summed E-state index contributed by atoms with van der Waals surface area (Å²) in [4.78, 5) is 15.0. The maximum Gasteiger partial charge on any atom is 0.354 e. The molecule has 100 valence electrons. The second kappa shape index (κ2) is 4.68. The second-order valence-corrected chi connectivity index (χ2v) is 4.97. The summed E-state index contributed by atoms with van der Waals surface area (Å²) in [6, 6.07) is 7.30. The maximum atomic E-state index is 14.0. The fourth-order valence-corrected chi connectivity index (χ4v) is 2.27. The first-order valence-corrected chi connectivity index (χ1v) is 6.39. The number of carboxylic acids is 1. The molecule has 3 rings (SSSR count). The van der Waals surface area contributed by atoms with E-state index in [9.17, 15) is 9.18 Å². The van der Waals surface area contributed by atoms with Crippen LogP contribution in [0.2, 0.25) is 0 Å². The fourth-order valence-electron chi connectivity index (χ4n) is 1.91. The molecule has 20 heavy (non-hydrogen) atoms. The zero-order valence-corrected chi connectivity index (χ0v) is 11.5. The Kier molecular flexibility index (Phi) is 2.98. The molecule has 0 aliphatic carbocycles. The van der Waals surface area contributed by atoms with Gasteiger partial charge >= 0.3 is 5.97 Å². The van der Waals surface area contributed by atoms with Crippen molar-refractivity contribution in [3.05, 3.63) is 52.5 Å². The van der Waals surface area contributed by atoms with Crippen LogP contribution in [0.5, 0.6) is 0 Å². The molecule has 3 aromatic rings. The predicted octanol–water partition coefficient (Wildman–Crippen LogP) is 3.00. The molecule has 2 heterocycles. The summed E-state index contributed by atoms with van der Waals surface area (Å²) in [6.07, 6.45) is 1.48. The van der Waals surface area contributed by atoms with Crippen molar-refractivity contribution < 1.29 is 14.3 Å². The molecule has 0 fully saturated rings. The number of aromatic carboxylic acids is 1. The van der Waals surface area contributed by atoms with Crippen molar-refractivity contribution in [3.63, 3.8) is 0 Å². The van der Waals surface area contributed by atoms with Gasteiger partial charge in [0.25, 0.3) is 0 Å². The number of halogens is 2. The van der Waals surface area contributed by atoms with Crippen LogP contribution in [0.1, 0.15) is 10.5 Å². The van der Waals surface area contributed by atoms with E-state index < -0.39 is 11.8 Å². The van der Waals surface area contributed by atoms with Crippen molar-refractivity contribution in [3.8, 4) is 11.3 Å². The Hall–Kier alpha value is -2.28. The number of benzene rings is 1. The largest absolute Gasteiger partial charge is 0.477 e. The number of nitrogens with zero attached hydrogens (tertiary/aromatic N) is 3. The van der Waals surface area contributed by atoms with Crippen LogP contribution in [0.4, 0.5) is 4.39 Å². The van der Waals surface area contributed by atoms with E-state index >= 15 is 0 Å². The Morgan fingerprint density at radius 3 is 2.85 bits per heavy atom. The molecule has 0 aliphatic rings. The Morgan fingerprint density at radius 1 is 1.30 bits per heavy atom. The molecule has 5 nitrogen and oxygen atoms in total. The standard InChI is InChI=1S/C13H7BrFN3O2/c14-7-1-2-9(15)8(5-7)11-6-10(13(19)20)17-12-3-4-16-18(11)12/h1-6H,(H,19,20). The Balaban J connectivity index is 2.36. The molecule has 0 saturated heterocycles. The van der Waals surface area contributed by atoms with Crippen LogP contribution in [-0.2, 0) is 0 Å². The summed E-state index contributed by atoms with van der Waals surface area (Å²) >= 11 is 3.27. The van der Waals surface area contributed by atoms with Crippen molar-refractivity contribution in [1.29, 1.82) is 0 Å². The van der Waals surface area contributed by atoms with Gasteiger partial charge in [0.2, 0.25) is 0 Å². The first-order chi connectivity index (χ1) is 9.56. The quantitative estimate of drug-likeness (QED) is 0.781. The monoisotopic (exact) mass is 335 g/mol. The van der Waals surface area contributed by atoms with Crippen LogP contribution in [0.15, 0.2) is 41.0 Å². The summed E-state index contributed by atoms with van der Waals surface area (Å²) in [7, 11) is 0. The normalized spacial score (nSPS) is 10.9. The molecule has 0 aliphatic heterocycles. The lowest BCUT2D eigenvalue weighted by Gasteiger charge is -2.08. The lowest BCUT2D eigenvalue weighted by molar-refractivity contribution is 0.0690. The van der Waals surface area contributed by atoms with Gasteiger partial charge in [-0.2, -0.15) is 5.10 Å². The van der Waals surface area contributed by atoms with Crippen molar-refractivity contribution in [2.24, 2.45) is 0 Å². The molecular weight excluding hydrogens is 329 g/mol. The van der Waals surface area contributed by atoms with E-state index in [1.54, 1.807) is 18.2 Å². The third-order valence-corrected chi connectivity index (χ3v) is 3.28. The van der Waals surface area contributed by atoms with Gasteiger partial charge in [-0.25, -0.2) is 18.7 Å². The number of hydrogen-bond acceptors (Lipinski definition) is 3. The SMILES string of the molecule is O=C(O)c1cc(-c2cc(Br)ccc2F)n2nccc2n1. The topological polar surface area (TPSA) is 67.5 Å². The average molecular weight is 336 g/mol. The molecule has 0 amide bonds. The number of carboxylic acid groups (broad SMARTS) is 1. The Morgan fingerprint density at radius 2 is 2.10 bits per heavy atom. The first-order valence-electron chi connectivity index (χ1n) is 5.60. The van der Waals surface area contributed by atoms with E-state index in [4.69, 9.17) is 5.11 Å². The summed E-state index contributed by atoms with van der Waals surface area (Å²) in [5.74, 6) is -1.64. The van der Waals surface area contributed by atoms with E-state index in [-0.39, 0.29) is 11.3 Å². The van der Waals surface area contributed by atoms with Crippen LogP contribution in [0.3, 0.4) is 0 Å². The summed E-state index contributed by atoms with van der Waals surface area (Å²) in [5, 5.41) is 13.1. The van der Waals surface area contributed by atoms with Crippen LogP contribution in [-0.4, -0.2) is 25.7 Å². The van der Waals surface area contributed by atoms with Gasteiger partial charge in [-0.15, -0.1) is 0 Å². The van der Waals surface area contributed by atoms with Gasteiger partial charge in [0.15, 0.2) is 11.3 Å². The fraction of sp³-hybridized carbons (Fsp3) is 0. The second-order valence-electron chi connectivity index (χ2n) is 4.06. The highest BCUT2D eigenvalue weighted by Crippen LogP contribution is 2.27. The minimum Gasteiger partial charge on any atom is -0.477 e. The average Bonchev–Trinajstić information content (AvgIpc) is 2.88. The molecule has 0 spiro atoms. The maximum absolute atomic E-state index is 14.0. The van der Waals surface area contributed by atoms with Gasteiger partial charge in [0.05, 0.1) is 11.9 Å². The molecule has 0 atom stereocenters. The molecule has 7 heteroatoms. The third kappa shape index (κ3) is 2.05. The summed E-state index contributed by atoms with van der Waals surface area (Å²) in [6.45, 7) is 0. The molecular formula is C13H7BrFN3O2. The lowest BCUT2D eigenvalue weighted by Crippen LogP contribution is -2.06. The molecule has 0 bridgehead atoms. The van der Waals surface area contributed by atoms with Gasteiger partial charge in [0.1, 0.15) is 5.82 Å². The number of rotatable bonds is 2. The zero-order chi connectivity index (χ0) is 14.3. The van der Waals surface area contributed by atoms with Gasteiger partial charge < -0.3 is 5.11 Å². The van der Waals surface area contributed by atoms with E-state index in [0.29, 0.717) is 15.8 Å². The predicted molar refractivity (Wildman–Crippen MR) is 73.0 cm³/mol. The number of carbonyl (C=O) groups is 1. The van der Waals surface area contributed by atoms with Crippen LogP contribution in [0.25, 0.3) is 16.9 Å². The van der Waals surface area contributed by atoms with Gasteiger partial charge in [0, 0.05) is 16.1 Å². The van der Waals surface area contributed by atoms with Gasteiger partial charge in [-0.05, 0) is 24.3 Å². The highest BCUT2D eigenvalue weighted by atomic mass is 79.9. The highest BCUT2D eigenvalue weighted by molar-refractivity contribution is 9.10. The minimum atomic E-state index is -1.18. The molecule has 1 aromatic carbocycles. The first kappa shape index (κ1) is 12.7. The van der Waals surface area contributed by atoms with E-state index in [2.05, 4.69) is 26.0 Å². The number of hydrogen-bond donors (Lipinski definition) is 1. The molecule has 2 aromatic heterocycles. The Labute approximate surface area is 120 Å². The van der Waals surface area contributed by atoms with Crippen molar-refractivity contribution in [1.82, 2.24) is 14.6 Å². The van der Waals surface area contributed by atoms with Crippen LogP contribution < -0.4 is 0 Å². The zero-order valence-electron chi connectivity index (χ0n) is 9.92.